The first-order valence-electron chi connectivity index (χ1n) is 13.2. The predicted octanol–water partition coefficient (Wildman–Crippen LogP) is 4.79. The zero-order valence-electron chi connectivity index (χ0n) is 23.6. The summed E-state index contributed by atoms with van der Waals surface area (Å²) in [5, 5.41) is 2.87. The minimum atomic E-state index is -4.08. The fraction of sp³-hybridized carbons (Fsp3) is 0.355. The van der Waals surface area contributed by atoms with Gasteiger partial charge < -0.3 is 10.2 Å². The fourth-order valence-electron chi connectivity index (χ4n) is 4.41. The Hall–Kier alpha value is -3.65. The summed E-state index contributed by atoms with van der Waals surface area (Å²) < 4.78 is 29.1. The highest BCUT2D eigenvalue weighted by Gasteiger charge is 2.33. The maximum atomic E-state index is 13.9. The van der Waals surface area contributed by atoms with Gasteiger partial charge in [-0.05, 0) is 77.3 Å². The molecule has 0 radical (unpaired) electrons. The van der Waals surface area contributed by atoms with Crippen LogP contribution < -0.4 is 9.62 Å². The van der Waals surface area contributed by atoms with Crippen LogP contribution in [0.15, 0.2) is 77.7 Å². The van der Waals surface area contributed by atoms with E-state index >= 15 is 0 Å². The number of rotatable bonds is 11. The van der Waals surface area contributed by atoms with Crippen molar-refractivity contribution < 1.29 is 18.0 Å². The van der Waals surface area contributed by atoms with Crippen LogP contribution in [0.1, 0.15) is 43.0 Å². The molecule has 208 valence electrons. The van der Waals surface area contributed by atoms with Crippen LogP contribution in [0.2, 0.25) is 0 Å². The normalized spacial score (nSPS) is 12.2. The van der Waals surface area contributed by atoms with E-state index in [-0.39, 0.29) is 23.4 Å². The van der Waals surface area contributed by atoms with Crippen molar-refractivity contribution >= 4 is 27.5 Å². The van der Waals surface area contributed by atoms with Crippen LogP contribution >= 0.6 is 0 Å². The average molecular weight is 550 g/mol. The lowest BCUT2D eigenvalue weighted by Gasteiger charge is -2.32. The molecule has 0 aliphatic rings. The van der Waals surface area contributed by atoms with Crippen molar-refractivity contribution in [3.8, 4) is 0 Å². The Balaban J connectivity index is 2.01. The SMILES string of the molecule is Cc1ccc(S(=O)(=O)N(CC(=O)N(CCc2ccccc2)[C@H](C)C(=O)NC(C)C)c2ccc(C)cc2C)cc1. The standard InChI is InChI=1S/C31H39N3O4S/c1-22(2)32-31(36)26(6)33(19-18-27-10-8-7-9-11-27)30(35)21-34(29-17-14-24(4)20-25(29)5)39(37,38)28-15-12-23(3)13-16-28/h7-17,20,22,26H,18-19,21H2,1-6H3,(H,32,36)/t26-/m1/s1. The molecule has 0 saturated carbocycles. The number of nitrogens with zero attached hydrogens (tertiary/aromatic N) is 2. The minimum absolute atomic E-state index is 0.0975. The lowest BCUT2D eigenvalue weighted by atomic mass is 10.1. The molecule has 2 amide bonds. The van der Waals surface area contributed by atoms with Crippen LogP contribution in [0.3, 0.4) is 0 Å². The van der Waals surface area contributed by atoms with Gasteiger partial charge in [-0.15, -0.1) is 0 Å². The molecule has 3 aromatic rings. The highest BCUT2D eigenvalue weighted by atomic mass is 32.2. The van der Waals surface area contributed by atoms with Crippen LogP contribution in [0.4, 0.5) is 5.69 Å². The van der Waals surface area contributed by atoms with Crippen molar-refractivity contribution in [2.45, 2.75) is 64.9 Å². The Kier molecular flexibility index (Phi) is 9.92. The molecule has 0 heterocycles. The molecule has 0 aliphatic carbocycles. The second kappa shape index (κ2) is 12.9. The van der Waals surface area contributed by atoms with Gasteiger partial charge in [-0.25, -0.2) is 8.42 Å². The quantitative estimate of drug-likeness (QED) is 0.373. The summed E-state index contributed by atoms with van der Waals surface area (Å²) in [6, 6.07) is 20.8. The van der Waals surface area contributed by atoms with Crippen molar-refractivity contribution in [1.82, 2.24) is 10.2 Å². The molecule has 0 aromatic heterocycles. The van der Waals surface area contributed by atoms with Gasteiger partial charge in [0, 0.05) is 12.6 Å². The summed E-state index contributed by atoms with van der Waals surface area (Å²) >= 11 is 0. The predicted molar refractivity (Wildman–Crippen MR) is 156 cm³/mol. The van der Waals surface area contributed by atoms with E-state index in [4.69, 9.17) is 0 Å². The number of sulfonamides is 1. The molecule has 1 N–H and O–H groups in total. The number of hydrogen-bond donors (Lipinski definition) is 1. The molecule has 3 aromatic carbocycles. The zero-order chi connectivity index (χ0) is 28.7. The number of carbonyl (C=O) groups is 2. The van der Waals surface area contributed by atoms with Gasteiger partial charge in [-0.2, -0.15) is 0 Å². The molecule has 7 nitrogen and oxygen atoms in total. The highest BCUT2D eigenvalue weighted by Crippen LogP contribution is 2.28. The molecule has 0 fully saturated rings. The fourth-order valence-corrected chi connectivity index (χ4v) is 5.89. The third kappa shape index (κ3) is 7.69. The summed E-state index contributed by atoms with van der Waals surface area (Å²) in [5.74, 6) is -0.737. The lowest BCUT2D eigenvalue weighted by Crippen LogP contribution is -2.53. The van der Waals surface area contributed by atoms with Crippen LogP contribution in [-0.2, 0) is 26.0 Å². The van der Waals surface area contributed by atoms with E-state index in [0.717, 1.165) is 26.6 Å². The second-order valence-corrected chi connectivity index (χ2v) is 12.1. The molecule has 8 heteroatoms. The zero-order valence-corrected chi connectivity index (χ0v) is 24.5. The summed E-state index contributed by atoms with van der Waals surface area (Å²) in [6.45, 7) is 10.9. The maximum absolute atomic E-state index is 13.9. The molecule has 0 bridgehead atoms. The van der Waals surface area contributed by atoms with Crippen LogP contribution in [-0.4, -0.2) is 50.3 Å². The van der Waals surface area contributed by atoms with E-state index in [1.54, 1.807) is 37.3 Å². The van der Waals surface area contributed by atoms with Crippen LogP contribution in [0, 0.1) is 20.8 Å². The number of anilines is 1. The molecule has 0 unspecified atom stereocenters. The van der Waals surface area contributed by atoms with E-state index in [9.17, 15) is 18.0 Å². The molecule has 0 saturated heterocycles. The highest BCUT2D eigenvalue weighted by molar-refractivity contribution is 7.92. The van der Waals surface area contributed by atoms with Crippen LogP contribution in [0.25, 0.3) is 0 Å². The number of hydrogen-bond acceptors (Lipinski definition) is 4. The van der Waals surface area contributed by atoms with Gasteiger partial charge in [0.25, 0.3) is 10.0 Å². The molecule has 3 rings (SSSR count). The van der Waals surface area contributed by atoms with E-state index in [0.29, 0.717) is 12.1 Å². The van der Waals surface area contributed by atoms with Crippen molar-refractivity contribution in [1.29, 1.82) is 0 Å². The van der Waals surface area contributed by atoms with E-state index in [1.165, 1.54) is 4.90 Å². The van der Waals surface area contributed by atoms with Crippen LogP contribution in [0.5, 0.6) is 0 Å². The van der Waals surface area contributed by atoms with Gasteiger partial charge in [0.05, 0.1) is 10.6 Å². The molecular weight excluding hydrogens is 510 g/mol. The van der Waals surface area contributed by atoms with Gasteiger partial charge in [-0.1, -0.05) is 65.7 Å². The number of amides is 2. The van der Waals surface area contributed by atoms with E-state index < -0.39 is 28.5 Å². The van der Waals surface area contributed by atoms with Crippen molar-refractivity contribution in [2.75, 3.05) is 17.4 Å². The summed E-state index contributed by atoms with van der Waals surface area (Å²) in [5.41, 5.74) is 4.10. The van der Waals surface area contributed by atoms with Crippen molar-refractivity contribution in [3.05, 3.63) is 95.1 Å². The van der Waals surface area contributed by atoms with E-state index in [2.05, 4.69) is 5.32 Å². The van der Waals surface area contributed by atoms with Gasteiger partial charge >= 0.3 is 0 Å². The van der Waals surface area contributed by atoms with Crippen molar-refractivity contribution in [3.63, 3.8) is 0 Å². The molecule has 0 aliphatic heterocycles. The molecular formula is C31H39N3O4S. The molecule has 1 atom stereocenters. The summed E-state index contributed by atoms with van der Waals surface area (Å²) in [7, 11) is -4.08. The largest absolute Gasteiger partial charge is 0.352 e. The lowest BCUT2D eigenvalue weighted by molar-refractivity contribution is -0.139. The minimum Gasteiger partial charge on any atom is -0.352 e. The van der Waals surface area contributed by atoms with Gasteiger partial charge in [0.2, 0.25) is 11.8 Å². The number of carbonyl (C=O) groups excluding carboxylic acids is 2. The molecule has 39 heavy (non-hydrogen) atoms. The Morgan fingerprint density at radius 1 is 0.846 bits per heavy atom. The third-order valence-electron chi connectivity index (χ3n) is 6.59. The number of aryl methyl sites for hydroxylation is 3. The Morgan fingerprint density at radius 2 is 1.46 bits per heavy atom. The third-order valence-corrected chi connectivity index (χ3v) is 8.37. The maximum Gasteiger partial charge on any atom is 0.264 e. The monoisotopic (exact) mass is 549 g/mol. The molecule has 0 spiro atoms. The first-order valence-corrected chi connectivity index (χ1v) is 14.6. The number of benzene rings is 3. The Bertz CT molecular complexity index is 1390. The topological polar surface area (TPSA) is 86.8 Å². The van der Waals surface area contributed by atoms with E-state index in [1.807, 2.05) is 77.1 Å². The Labute approximate surface area is 232 Å². The smallest absolute Gasteiger partial charge is 0.264 e. The summed E-state index contributed by atoms with van der Waals surface area (Å²) in [4.78, 5) is 28.5. The first kappa shape index (κ1) is 29.9. The van der Waals surface area contributed by atoms with Crippen molar-refractivity contribution in [2.24, 2.45) is 0 Å². The number of nitrogens with one attached hydrogen (secondary N) is 1. The average Bonchev–Trinajstić information content (AvgIpc) is 2.88. The summed E-state index contributed by atoms with van der Waals surface area (Å²) in [6.07, 6.45) is 0.528. The second-order valence-electron chi connectivity index (χ2n) is 10.3. The van der Waals surface area contributed by atoms with Gasteiger partial charge in [0.15, 0.2) is 0 Å². The van der Waals surface area contributed by atoms with Gasteiger partial charge in [0.1, 0.15) is 12.6 Å². The first-order chi connectivity index (χ1) is 18.4. The Morgan fingerprint density at radius 3 is 2.05 bits per heavy atom. The van der Waals surface area contributed by atoms with Gasteiger partial charge in [-0.3, -0.25) is 13.9 Å².